The van der Waals surface area contributed by atoms with Crippen LogP contribution in [0.25, 0.3) is 0 Å². The van der Waals surface area contributed by atoms with Crippen molar-refractivity contribution in [3.05, 3.63) is 21.9 Å². The maximum atomic E-state index is 12.7. The number of carboxylic acid groups (broad SMARTS) is 1. The molecule has 1 saturated heterocycles. The van der Waals surface area contributed by atoms with Gasteiger partial charge in [0.15, 0.2) is 0 Å². The van der Waals surface area contributed by atoms with Gasteiger partial charge in [-0.3, -0.25) is 9.59 Å². The number of hydrogen-bond acceptors (Lipinski definition) is 3. The third kappa shape index (κ3) is 4.06. The second-order valence-corrected chi connectivity index (χ2v) is 6.97. The predicted octanol–water partition coefficient (Wildman–Crippen LogP) is 3.59. The second kappa shape index (κ2) is 7.07. The third-order valence-electron chi connectivity index (χ3n) is 4.08. The van der Waals surface area contributed by atoms with Gasteiger partial charge in [-0.25, -0.2) is 0 Å². The summed E-state index contributed by atoms with van der Waals surface area (Å²) in [6.07, 6.45) is 2.86. The molecule has 0 unspecified atom stereocenters. The number of amides is 1. The largest absolute Gasteiger partial charge is 0.481 e. The monoisotopic (exact) mass is 309 g/mol. The Hall–Kier alpha value is -1.36. The van der Waals surface area contributed by atoms with E-state index in [-0.39, 0.29) is 12.3 Å². The zero-order valence-corrected chi connectivity index (χ0v) is 13.5. The van der Waals surface area contributed by atoms with Gasteiger partial charge < -0.3 is 10.0 Å². The van der Waals surface area contributed by atoms with E-state index < -0.39 is 5.97 Å². The van der Waals surface area contributed by atoms with Crippen LogP contribution < -0.4 is 0 Å². The molecule has 1 N–H and O–H groups in total. The first-order chi connectivity index (χ1) is 9.99. The molecular weight excluding hydrogens is 286 g/mol. The molecule has 1 aromatic rings. The molecule has 4 nitrogen and oxygen atoms in total. The Kier molecular flexibility index (Phi) is 5.39. The number of aliphatic carboxylic acids is 1. The van der Waals surface area contributed by atoms with E-state index in [1.807, 2.05) is 16.3 Å². The van der Waals surface area contributed by atoms with Gasteiger partial charge in [-0.05, 0) is 48.1 Å². The molecule has 0 saturated carbocycles. The van der Waals surface area contributed by atoms with Crippen molar-refractivity contribution in [1.29, 1.82) is 0 Å². The molecule has 1 aliphatic heterocycles. The molecular formula is C16H23NO3S. The lowest BCUT2D eigenvalue weighted by atomic mass is 9.93. The van der Waals surface area contributed by atoms with Crippen molar-refractivity contribution in [2.24, 2.45) is 5.92 Å². The van der Waals surface area contributed by atoms with Gasteiger partial charge >= 0.3 is 5.97 Å². The van der Waals surface area contributed by atoms with Gasteiger partial charge in [-0.15, -0.1) is 11.3 Å². The van der Waals surface area contributed by atoms with Gasteiger partial charge in [0.2, 0.25) is 0 Å². The summed E-state index contributed by atoms with van der Waals surface area (Å²) in [5.41, 5.74) is 1.12. The fourth-order valence-corrected chi connectivity index (χ4v) is 3.92. The van der Waals surface area contributed by atoms with E-state index >= 15 is 0 Å². The molecule has 2 rings (SSSR count). The lowest BCUT2D eigenvalue weighted by Gasteiger charge is -2.32. The number of rotatable bonds is 5. The number of carbonyl (C=O) groups excluding carboxylic acids is 1. The van der Waals surface area contributed by atoms with Crippen LogP contribution in [0.2, 0.25) is 0 Å². The van der Waals surface area contributed by atoms with Crippen LogP contribution in [-0.4, -0.2) is 35.0 Å². The van der Waals surface area contributed by atoms with Gasteiger partial charge in [0, 0.05) is 19.5 Å². The van der Waals surface area contributed by atoms with Crippen LogP contribution in [-0.2, 0) is 4.79 Å². The van der Waals surface area contributed by atoms with E-state index in [4.69, 9.17) is 5.11 Å². The first-order valence-corrected chi connectivity index (χ1v) is 8.45. The van der Waals surface area contributed by atoms with E-state index in [9.17, 15) is 9.59 Å². The average Bonchev–Trinajstić information content (AvgIpc) is 2.94. The average molecular weight is 309 g/mol. The molecule has 0 aromatic carbocycles. The minimum absolute atomic E-state index is 0.119. The summed E-state index contributed by atoms with van der Waals surface area (Å²) < 4.78 is 0. The summed E-state index contributed by atoms with van der Waals surface area (Å²) in [5, 5.41) is 10.8. The van der Waals surface area contributed by atoms with Gasteiger partial charge in [0.25, 0.3) is 5.91 Å². The Morgan fingerprint density at radius 3 is 2.90 bits per heavy atom. The van der Waals surface area contributed by atoms with Gasteiger partial charge in [-0.1, -0.05) is 13.8 Å². The Balaban J connectivity index is 2.01. The van der Waals surface area contributed by atoms with Crippen LogP contribution in [0.1, 0.15) is 60.7 Å². The third-order valence-corrected chi connectivity index (χ3v) is 5.00. The normalized spacial score (nSPS) is 19.0. The standard InChI is InChI=1S/C16H23NO3S/c1-11(2)13-7-9-21-15(13)16(20)17-8-3-4-12(10-17)5-6-14(18)19/h7,9,11-12H,3-6,8,10H2,1-2H3,(H,18,19)/t12-/m1/s1. The molecule has 1 aliphatic rings. The predicted molar refractivity (Wildman–Crippen MR) is 83.9 cm³/mol. The van der Waals surface area contributed by atoms with Crippen molar-refractivity contribution in [1.82, 2.24) is 4.90 Å². The van der Waals surface area contributed by atoms with E-state index in [1.165, 1.54) is 11.3 Å². The molecule has 0 radical (unpaired) electrons. The number of likely N-dealkylation sites (tertiary alicyclic amines) is 1. The molecule has 0 aliphatic carbocycles. The minimum Gasteiger partial charge on any atom is -0.481 e. The first kappa shape index (κ1) is 16.0. The van der Waals surface area contributed by atoms with Crippen LogP contribution in [0.5, 0.6) is 0 Å². The van der Waals surface area contributed by atoms with Crippen molar-refractivity contribution in [3.8, 4) is 0 Å². The Morgan fingerprint density at radius 2 is 2.24 bits per heavy atom. The summed E-state index contributed by atoms with van der Waals surface area (Å²) in [4.78, 5) is 26.1. The lowest BCUT2D eigenvalue weighted by molar-refractivity contribution is -0.137. The van der Waals surface area contributed by atoms with Gasteiger partial charge in [-0.2, -0.15) is 0 Å². The maximum Gasteiger partial charge on any atom is 0.303 e. The number of nitrogens with zero attached hydrogens (tertiary/aromatic N) is 1. The van der Waals surface area contributed by atoms with Crippen LogP contribution in [0.15, 0.2) is 11.4 Å². The Labute approximate surface area is 129 Å². The SMILES string of the molecule is CC(C)c1ccsc1C(=O)N1CCC[C@H](CCC(=O)O)C1. The highest BCUT2D eigenvalue weighted by molar-refractivity contribution is 7.12. The number of thiophene rings is 1. The molecule has 1 fully saturated rings. The van der Waals surface area contributed by atoms with E-state index in [0.717, 1.165) is 29.8 Å². The number of piperidine rings is 1. The van der Waals surface area contributed by atoms with Crippen molar-refractivity contribution in [2.75, 3.05) is 13.1 Å². The summed E-state index contributed by atoms with van der Waals surface area (Å²) in [6, 6.07) is 2.04. The summed E-state index contributed by atoms with van der Waals surface area (Å²) >= 11 is 1.51. The molecule has 1 aromatic heterocycles. The molecule has 1 amide bonds. The molecule has 1 atom stereocenters. The lowest BCUT2D eigenvalue weighted by Crippen LogP contribution is -2.40. The topological polar surface area (TPSA) is 57.6 Å². The summed E-state index contributed by atoms with van der Waals surface area (Å²) in [7, 11) is 0. The van der Waals surface area contributed by atoms with Crippen LogP contribution in [0.3, 0.4) is 0 Å². The second-order valence-electron chi connectivity index (χ2n) is 6.05. The Morgan fingerprint density at radius 1 is 1.48 bits per heavy atom. The smallest absolute Gasteiger partial charge is 0.303 e. The van der Waals surface area contributed by atoms with Crippen molar-refractivity contribution in [2.45, 2.75) is 45.4 Å². The van der Waals surface area contributed by atoms with Crippen LogP contribution in [0.4, 0.5) is 0 Å². The molecule has 2 heterocycles. The van der Waals surface area contributed by atoms with E-state index in [1.54, 1.807) is 0 Å². The molecule has 0 spiro atoms. The van der Waals surface area contributed by atoms with Crippen molar-refractivity contribution >= 4 is 23.2 Å². The van der Waals surface area contributed by atoms with Crippen LogP contribution in [0, 0.1) is 5.92 Å². The van der Waals surface area contributed by atoms with Gasteiger partial charge in [0.05, 0.1) is 4.88 Å². The zero-order valence-electron chi connectivity index (χ0n) is 12.7. The number of carbonyl (C=O) groups is 2. The fourth-order valence-electron chi connectivity index (χ4n) is 2.90. The Bertz CT molecular complexity index is 509. The highest BCUT2D eigenvalue weighted by atomic mass is 32.1. The highest BCUT2D eigenvalue weighted by Gasteiger charge is 2.27. The van der Waals surface area contributed by atoms with Crippen molar-refractivity contribution in [3.63, 3.8) is 0 Å². The van der Waals surface area contributed by atoms with Crippen LogP contribution >= 0.6 is 11.3 Å². The van der Waals surface area contributed by atoms with Gasteiger partial charge in [0.1, 0.15) is 0 Å². The molecule has 0 bridgehead atoms. The van der Waals surface area contributed by atoms with E-state index in [2.05, 4.69) is 13.8 Å². The molecule has 5 heteroatoms. The summed E-state index contributed by atoms with van der Waals surface area (Å²) in [5.74, 6) is 0.0385. The quantitative estimate of drug-likeness (QED) is 0.904. The minimum atomic E-state index is -0.751. The zero-order chi connectivity index (χ0) is 15.4. The summed E-state index contributed by atoms with van der Waals surface area (Å²) in [6.45, 7) is 5.69. The fraction of sp³-hybridized carbons (Fsp3) is 0.625. The highest BCUT2D eigenvalue weighted by Crippen LogP contribution is 2.28. The molecule has 21 heavy (non-hydrogen) atoms. The van der Waals surface area contributed by atoms with E-state index in [0.29, 0.717) is 24.8 Å². The number of carboxylic acids is 1. The first-order valence-electron chi connectivity index (χ1n) is 7.57. The number of hydrogen-bond donors (Lipinski definition) is 1. The molecule has 116 valence electrons. The maximum absolute atomic E-state index is 12.7. The van der Waals surface area contributed by atoms with Crippen molar-refractivity contribution < 1.29 is 14.7 Å².